The Labute approximate surface area is 162 Å². The summed E-state index contributed by atoms with van der Waals surface area (Å²) in [4.78, 5) is 23.4. The molecular formula is C20H23N5OS. The van der Waals surface area contributed by atoms with E-state index in [-0.39, 0.29) is 5.92 Å². The SMILES string of the molecule is Cc1cc2c(N3CCC(C(=O)N4CCc5sccc5C4)CC3)nccn2n1. The van der Waals surface area contributed by atoms with E-state index in [0.717, 1.165) is 62.5 Å². The van der Waals surface area contributed by atoms with Crippen LogP contribution in [0.25, 0.3) is 5.52 Å². The van der Waals surface area contributed by atoms with Crippen LogP contribution in [-0.2, 0) is 17.8 Å². The quantitative estimate of drug-likeness (QED) is 0.685. The van der Waals surface area contributed by atoms with Crippen LogP contribution in [0.1, 0.15) is 29.0 Å². The first kappa shape index (κ1) is 16.7. The second kappa shape index (κ2) is 6.64. The van der Waals surface area contributed by atoms with Gasteiger partial charge < -0.3 is 9.80 Å². The standard InChI is InChI=1S/C20H23N5OS/c1-14-12-17-19(21-6-10-25(17)22-14)23-7-2-15(3-8-23)20(26)24-9-4-18-16(13-24)5-11-27-18/h5-6,10-12,15H,2-4,7-9,13H2,1H3. The van der Waals surface area contributed by atoms with E-state index < -0.39 is 0 Å². The smallest absolute Gasteiger partial charge is 0.226 e. The van der Waals surface area contributed by atoms with E-state index in [0.29, 0.717) is 5.91 Å². The largest absolute Gasteiger partial charge is 0.355 e. The number of thiophene rings is 1. The van der Waals surface area contributed by atoms with Crippen LogP contribution < -0.4 is 4.90 Å². The number of hydrogen-bond acceptors (Lipinski definition) is 5. The van der Waals surface area contributed by atoms with Gasteiger partial charge in [-0.15, -0.1) is 11.3 Å². The molecule has 140 valence electrons. The Balaban J connectivity index is 1.27. The summed E-state index contributed by atoms with van der Waals surface area (Å²) >= 11 is 1.82. The molecule has 2 aliphatic rings. The average Bonchev–Trinajstić information content (AvgIpc) is 3.31. The van der Waals surface area contributed by atoms with E-state index in [4.69, 9.17) is 0 Å². The molecule has 2 aliphatic heterocycles. The van der Waals surface area contributed by atoms with Crippen molar-refractivity contribution in [2.45, 2.75) is 32.7 Å². The first-order chi connectivity index (χ1) is 13.2. The molecule has 3 aromatic rings. The molecule has 1 amide bonds. The third kappa shape index (κ3) is 3.00. The van der Waals surface area contributed by atoms with Crippen molar-refractivity contribution in [1.29, 1.82) is 0 Å². The summed E-state index contributed by atoms with van der Waals surface area (Å²) in [6, 6.07) is 4.24. The number of nitrogens with zero attached hydrogens (tertiary/aromatic N) is 5. The molecule has 0 saturated carbocycles. The summed E-state index contributed by atoms with van der Waals surface area (Å²) in [7, 11) is 0. The highest BCUT2D eigenvalue weighted by molar-refractivity contribution is 7.10. The van der Waals surface area contributed by atoms with E-state index >= 15 is 0 Å². The number of hydrogen-bond donors (Lipinski definition) is 0. The van der Waals surface area contributed by atoms with Crippen LogP contribution in [0.2, 0.25) is 0 Å². The maximum Gasteiger partial charge on any atom is 0.226 e. The van der Waals surface area contributed by atoms with Crippen molar-refractivity contribution in [1.82, 2.24) is 19.5 Å². The Morgan fingerprint density at radius 2 is 2.11 bits per heavy atom. The van der Waals surface area contributed by atoms with Gasteiger partial charge in [-0.3, -0.25) is 4.79 Å². The number of piperidine rings is 1. The van der Waals surface area contributed by atoms with Gasteiger partial charge in [-0.2, -0.15) is 5.10 Å². The predicted octanol–water partition coefficient (Wildman–Crippen LogP) is 2.90. The van der Waals surface area contributed by atoms with Gasteiger partial charge in [0.1, 0.15) is 5.52 Å². The molecule has 5 rings (SSSR count). The van der Waals surface area contributed by atoms with Gasteiger partial charge in [0.05, 0.1) is 5.69 Å². The summed E-state index contributed by atoms with van der Waals surface area (Å²) in [6.07, 6.45) is 6.47. The van der Waals surface area contributed by atoms with E-state index in [2.05, 4.69) is 37.4 Å². The van der Waals surface area contributed by atoms with Crippen LogP contribution in [-0.4, -0.2) is 45.0 Å². The van der Waals surface area contributed by atoms with Gasteiger partial charge in [0.2, 0.25) is 5.91 Å². The van der Waals surface area contributed by atoms with E-state index in [1.807, 2.05) is 29.0 Å². The first-order valence-corrected chi connectivity index (χ1v) is 10.5. The molecule has 27 heavy (non-hydrogen) atoms. The molecule has 7 heteroatoms. The third-order valence-corrected chi connectivity index (χ3v) is 6.78. The highest BCUT2D eigenvalue weighted by Gasteiger charge is 2.31. The molecule has 0 N–H and O–H groups in total. The number of aryl methyl sites for hydroxylation is 1. The summed E-state index contributed by atoms with van der Waals surface area (Å²) in [5, 5.41) is 6.62. The normalized spacial score (nSPS) is 18.1. The fourth-order valence-electron chi connectivity index (χ4n) is 4.31. The zero-order chi connectivity index (χ0) is 18.4. The molecule has 0 unspecified atom stereocenters. The van der Waals surface area contributed by atoms with Gasteiger partial charge in [0.15, 0.2) is 5.82 Å². The lowest BCUT2D eigenvalue weighted by Crippen LogP contribution is -2.44. The van der Waals surface area contributed by atoms with Crippen molar-refractivity contribution in [3.63, 3.8) is 0 Å². The molecule has 3 aromatic heterocycles. The number of carbonyl (C=O) groups excluding carboxylic acids is 1. The second-order valence-corrected chi connectivity index (χ2v) is 8.51. The van der Waals surface area contributed by atoms with Gasteiger partial charge in [-0.05, 0) is 49.3 Å². The van der Waals surface area contributed by atoms with E-state index in [1.165, 1.54) is 10.4 Å². The lowest BCUT2D eigenvalue weighted by Gasteiger charge is -2.36. The highest BCUT2D eigenvalue weighted by Crippen LogP contribution is 2.29. The van der Waals surface area contributed by atoms with Crippen molar-refractivity contribution in [2.75, 3.05) is 24.5 Å². The fourth-order valence-corrected chi connectivity index (χ4v) is 5.20. The average molecular weight is 382 g/mol. The van der Waals surface area contributed by atoms with Crippen molar-refractivity contribution in [2.24, 2.45) is 5.92 Å². The summed E-state index contributed by atoms with van der Waals surface area (Å²) in [5.74, 6) is 1.44. The number of amides is 1. The number of anilines is 1. The molecule has 0 aliphatic carbocycles. The number of rotatable bonds is 2. The van der Waals surface area contributed by atoms with Crippen LogP contribution >= 0.6 is 11.3 Å². The molecule has 0 radical (unpaired) electrons. The molecule has 0 bridgehead atoms. The number of aromatic nitrogens is 3. The molecule has 0 atom stereocenters. The fraction of sp³-hybridized carbons (Fsp3) is 0.450. The highest BCUT2D eigenvalue weighted by atomic mass is 32.1. The van der Waals surface area contributed by atoms with Gasteiger partial charge in [-0.25, -0.2) is 9.50 Å². The maximum absolute atomic E-state index is 13.0. The van der Waals surface area contributed by atoms with E-state index in [9.17, 15) is 4.79 Å². The molecule has 6 nitrogen and oxygen atoms in total. The maximum atomic E-state index is 13.0. The Hall–Kier alpha value is -2.41. The summed E-state index contributed by atoms with van der Waals surface area (Å²) in [6.45, 7) is 5.38. The van der Waals surface area contributed by atoms with Crippen molar-refractivity contribution in [3.8, 4) is 0 Å². The topological polar surface area (TPSA) is 53.7 Å². The minimum Gasteiger partial charge on any atom is -0.355 e. The summed E-state index contributed by atoms with van der Waals surface area (Å²) in [5.41, 5.74) is 3.37. The van der Waals surface area contributed by atoms with Gasteiger partial charge in [0, 0.05) is 49.4 Å². The molecule has 1 saturated heterocycles. The number of carbonyl (C=O) groups is 1. The molecule has 0 spiro atoms. The van der Waals surface area contributed by atoms with Crippen molar-refractivity contribution < 1.29 is 4.79 Å². The first-order valence-electron chi connectivity index (χ1n) is 9.59. The van der Waals surface area contributed by atoms with E-state index in [1.54, 1.807) is 6.20 Å². The van der Waals surface area contributed by atoms with Crippen LogP contribution in [0.3, 0.4) is 0 Å². The lowest BCUT2D eigenvalue weighted by molar-refractivity contribution is -0.137. The zero-order valence-electron chi connectivity index (χ0n) is 15.5. The monoisotopic (exact) mass is 381 g/mol. The molecule has 1 fully saturated rings. The Morgan fingerprint density at radius 1 is 1.26 bits per heavy atom. The van der Waals surface area contributed by atoms with Crippen LogP contribution in [0, 0.1) is 12.8 Å². The summed E-state index contributed by atoms with van der Waals surface area (Å²) < 4.78 is 1.89. The second-order valence-electron chi connectivity index (χ2n) is 7.51. The zero-order valence-corrected chi connectivity index (χ0v) is 16.3. The van der Waals surface area contributed by atoms with Crippen molar-refractivity contribution >= 4 is 28.6 Å². The minimum atomic E-state index is 0.132. The Morgan fingerprint density at radius 3 is 2.96 bits per heavy atom. The lowest BCUT2D eigenvalue weighted by atomic mass is 9.94. The Kier molecular flexibility index (Phi) is 4.11. The van der Waals surface area contributed by atoms with Crippen LogP contribution in [0.4, 0.5) is 5.82 Å². The number of fused-ring (bicyclic) bond motifs is 2. The molecule has 0 aromatic carbocycles. The van der Waals surface area contributed by atoms with Crippen molar-refractivity contribution in [3.05, 3.63) is 46.0 Å². The third-order valence-electron chi connectivity index (χ3n) is 5.75. The minimum absolute atomic E-state index is 0.132. The van der Waals surface area contributed by atoms with Gasteiger partial charge in [-0.1, -0.05) is 0 Å². The van der Waals surface area contributed by atoms with Gasteiger partial charge >= 0.3 is 0 Å². The Bertz CT molecular complexity index is 985. The molecular weight excluding hydrogens is 358 g/mol. The van der Waals surface area contributed by atoms with Gasteiger partial charge in [0.25, 0.3) is 0 Å². The predicted molar refractivity (Wildman–Crippen MR) is 106 cm³/mol. The van der Waals surface area contributed by atoms with Crippen LogP contribution in [0.5, 0.6) is 0 Å². The van der Waals surface area contributed by atoms with Crippen LogP contribution in [0.15, 0.2) is 29.9 Å². The molecule has 5 heterocycles.